The van der Waals surface area contributed by atoms with Crippen LogP contribution in [0.2, 0.25) is 0 Å². The third-order valence-corrected chi connectivity index (χ3v) is 2.16. The second-order valence-electron chi connectivity index (χ2n) is 3.65. The normalized spacial score (nSPS) is 12.7. The highest BCUT2D eigenvalue weighted by Gasteiger charge is 2.08. The van der Waals surface area contributed by atoms with Crippen molar-refractivity contribution in [3.63, 3.8) is 0 Å². The Balaban J connectivity index is 2.55. The van der Waals surface area contributed by atoms with Crippen LogP contribution in [0.1, 0.15) is 37.2 Å². The molecular formula is C10H16N2O2. The number of carbonyl (C=O) groups is 1. The van der Waals surface area contributed by atoms with Crippen molar-refractivity contribution in [1.82, 2.24) is 9.55 Å². The average molecular weight is 196 g/mol. The smallest absolute Gasteiger partial charge is 0.356 e. The van der Waals surface area contributed by atoms with E-state index < -0.39 is 5.97 Å². The molecular weight excluding hydrogens is 180 g/mol. The summed E-state index contributed by atoms with van der Waals surface area (Å²) in [6.07, 6.45) is 5.46. The summed E-state index contributed by atoms with van der Waals surface area (Å²) in [5.41, 5.74) is 0.119. The van der Waals surface area contributed by atoms with Gasteiger partial charge in [0.2, 0.25) is 0 Å². The highest BCUT2D eigenvalue weighted by Crippen LogP contribution is 2.08. The summed E-state index contributed by atoms with van der Waals surface area (Å²) < 4.78 is 1.84. The molecule has 78 valence electrons. The minimum atomic E-state index is -0.966. The fourth-order valence-electron chi connectivity index (χ4n) is 1.51. The molecule has 4 heteroatoms. The minimum Gasteiger partial charge on any atom is -0.476 e. The van der Waals surface area contributed by atoms with Crippen LogP contribution in [-0.4, -0.2) is 20.6 Å². The molecule has 0 aliphatic carbocycles. The van der Waals surface area contributed by atoms with E-state index in [0.717, 1.165) is 19.4 Å². The summed E-state index contributed by atoms with van der Waals surface area (Å²) in [6.45, 7) is 5.14. The Morgan fingerprint density at radius 1 is 1.71 bits per heavy atom. The molecule has 0 radical (unpaired) electrons. The first kappa shape index (κ1) is 10.8. The van der Waals surface area contributed by atoms with Gasteiger partial charge < -0.3 is 9.67 Å². The van der Waals surface area contributed by atoms with Crippen molar-refractivity contribution in [2.24, 2.45) is 5.92 Å². The molecule has 0 fully saturated rings. The van der Waals surface area contributed by atoms with Crippen LogP contribution in [-0.2, 0) is 6.54 Å². The first-order valence-corrected chi connectivity index (χ1v) is 4.88. The lowest BCUT2D eigenvalue weighted by Crippen LogP contribution is -2.05. The Bertz CT molecular complexity index is 307. The molecule has 0 aliphatic heterocycles. The minimum absolute atomic E-state index is 0.119. The zero-order valence-electron chi connectivity index (χ0n) is 8.60. The van der Waals surface area contributed by atoms with Gasteiger partial charge in [-0.05, 0) is 12.3 Å². The Morgan fingerprint density at radius 3 is 2.93 bits per heavy atom. The van der Waals surface area contributed by atoms with Crippen LogP contribution in [0.4, 0.5) is 0 Å². The van der Waals surface area contributed by atoms with Crippen LogP contribution in [0.3, 0.4) is 0 Å². The summed E-state index contributed by atoms with van der Waals surface area (Å²) in [5.74, 6) is -0.400. The van der Waals surface area contributed by atoms with Gasteiger partial charge >= 0.3 is 5.97 Å². The van der Waals surface area contributed by atoms with E-state index in [2.05, 4.69) is 18.8 Å². The van der Waals surface area contributed by atoms with Crippen molar-refractivity contribution in [3.05, 3.63) is 18.2 Å². The molecule has 14 heavy (non-hydrogen) atoms. The van der Waals surface area contributed by atoms with E-state index in [1.54, 1.807) is 12.5 Å². The zero-order chi connectivity index (χ0) is 10.6. The number of carboxylic acids is 1. The number of imidazole rings is 1. The van der Waals surface area contributed by atoms with Crippen LogP contribution in [0.5, 0.6) is 0 Å². The van der Waals surface area contributed by atoms with Crippen LogP contribution in [0, 0.1) is 5.92 Å². The third-order valence-electron chi connectivity index (χ3n) is 2.16. The fourth-order valence-corrected chi connectivity index (χ4v) is 1.51. The van der Waals surface area contributed by atoms with Crippen molar-refractivity contribution < 1.29 is 9.90 Å². The lowest BCUT2D eigenvalue weighted by Gasteiger charge is -2.09. The maximum atomic E-state index is 10.5. The Morgan fingerprint density at radius 2 is 2.43 bits per heavy atom. The van der Waals surface area contributed by atoms with Crippen molar-refractivity contribution >= 4 is 5.97 Å². The molecule has 1 aromatic rings. The standard InChI is InChI=1S/C10H16N2O2/c1-3-4-8(2)5-12-6-9(10(13)14)11-7-12/h6-8H,3-5H2,1-2H3,(H,13,14). The van der Waals surface area contributed by atoms with E-state index in [1.807, 2.05) is 4.57 Å². The van der Waals surface area contributed by atoms with Crippen molar-refractivity contribution in [2.45, 2.75) is 33.2 Å². The quantitative estimate of drug-likeness (QED) is 0.783. The maximum absolute atomic E-state index is 10.5. The third kappa shape index (κ3) is 2.87. The van der Waals surface area contributed by atoms with Gasteiger partial charge in [-0.2, -0.15) is 0 Å². The Hall–Kier alpha value is -1.32. The molecule has 1 N–H and O–H groups in total. The van der Waals surface area contributed by atoms with Gasteiger partial charge in [-0.1, -0.05) is 20.3 Å². The monoisotopic (exact) mass is 196 g/mol. The largest absolute Gasteiger partial charge is 0.476 e. The molecule has 0 saturated heterocycles. The first-order valence-electron chi connectivity index (χ1n) is 4.88. The molecule has 0 bridgehead atoms. The van der Waals surface area contributed by atoms with E-state index >= 15 is 0 Å². The fraction of sp³-hybridized carbons (Fsp3) is 0.600. The van der Waals surface area contributed by atoms with E-state index in [0.29, 0.717) is 5.92 Å². The van der Waals surface area contributed by atoms with Gasteiger partial charge in [0.1, 0.15) is 0 Å². The van der Waals surface area contributed by atoms with Gasteiger partial charge in [0.25, 0.3) is 0 Å². The van der Waals surface area contributed by atoms with Gasteiger partial charge in [-0.3, -0.25) is 0 Å². The predicted molar refractivity (Wildman–Crippen MR) is 53.3 cm³/mol. The van der Waals surface area contributed by atoms with Gasteiger partial charge in [0, 0.05) is 12.7 Å². The molecule has 0 spiro atoms. The van der Waals surface area contributed by atoms with Crippen LogP contribution in [0.15, 0.2) is 12.5 Å². The molecule has 4 nitrogen and oxygen atoms in total. The SMILES string of the molecule is CCCC(C)Cn1cnc(C(=O)O)c1. The zero-order valence-corrected chi connectivity index (χ0v) is 8.60. The van der Waals surface area contributed by atoms with Crippen LogP contribution >= 0.6 is 0 Å². The Kier molecular flexibility index (Phi) is 3.68. The summed E-state index contributed by atoms with van der Waals surface area (Å²) in [5, 5.41) is 8.66. The van der Waals surface area contributed by atoms with Gasteiger partial charge in [0.15, 0.2) is 5.69 Å². The highest BCUT2D eigenvalue weighted by molar-refractivity contribution is 5.84. The predicted octanol–water partition coefficient (Wildman–Crippen LogP) is 2.02. The molecule has 1 unspecified atom stereocenters. The molecule has 0 amide bonds. The van der Waals surface area contributed by atoms with Crippen molar-refractivity contribution in [3.8, 4) is 0 Å². The summed E-state index contributed by atoms with van der Waals surface area (Å²) >= 11 is 0. The number of nitrogens with zero attached hydrogens (tertiary/aromatic N) is 2. The van der Waals surface area contributed by atoms with E-state index in [4.69, 9.17) is 5.11 Å². The number of rotatable bonds is 5. The molecule has 0 aromatic carbocycles. The number of aromatic carboxylic acids is 1. The highest BCUT2D eigenvalue weighted by atomic mass is 16.4. The Labute approximate surface area is 83.6 Å². The number of aromatic nitrogens is 2. The molecule has 0 aliphatic rings. The molecule has 1 atom stereocenters. The molecule has 1 aromatic heterocycles. The topological polar surface area (TPSA) is 55.1 Å². The second-order valence-corrected chi connectivity index (χ2v) is 3.65. The summed E-state index contributed by atoms with van der Waals surface area (Å²) in [6, 6.07) is 0. The van der Waals surface area contributed by atoms with Crippen LogP contribution < -0.4 is 0 Å². The lowest BCUT2D eigenvalue weighted by atomic mass is 10.1. The van der Waals surface area contributed by atoms with E-state index in [1.165, 1.54) is 0 Å². The number of hydrogen-bond acceptors (Lipinski definition) is 2. The number of hydrogen-bond donors (Lipinski definition) is 1. The second kappa shape index (κ2) is 4.79. The molecule has 0 saturated carbocycles. The van der Waals surface area contributed by atoms with Crippen LogP contribution in [0.25, 0.3) is 0 Å². The lowest BCUT2D eigenvalue weighted by molar-refractivity contribution is 0.0691. The van der Waals surface area contributed by atoms with E-state index in [-0.39, 0.29) is 5.69 Å². The van der Waals surface area contributed by atoms with Gasteiger partial charge in [-0.25, -0.2) is 9.78 Å². The molecule has 1 heterocycles. The van der Waals surface area contributed by atoms with E-state index in [9.17, 15) is 4.79 Å². The van der Waals surface area contributed by atoms with Crippen molar-refractivity contribution in [1.29, 1.82) is 0 Å². The molecule has 1 rings (SSSR count). The van der Waals surface area contributed by atoms with Gasteiger partial charge in [-0.15, -0.1) is 0 Å². The number of carboxylic acid groups (broad SMARTS) is 1. The average Bonchev–Trinajstić information content (AvgIpc) is 2.53. The first-order chi connectivity index (χ1) is 6.63. The summed E-state index contributed by atoms with van der Waals surface area (Å²) in [4.78, 5) is 14.3. The maximum Gasteiger partial charge on any atom is 0.356 e. The summed E-state index contributed by atoms with van der Waals surface area (Å²) in [7, 11) is 0. The van der Waals surface area contributed by atoms with Gasteiger partial charge in [0.05, 0.1) is 6.33 Å². The van der Waals surface area contributed by atoms with Crippen molar-refractivity contribution in [2.75, 3.05) is 0 Å².